The molecule has 0 unspecified atom stereocenters. The van der Waals surface area contributed by atoms with Crippen LogP contribution < -0.4 is 5.32 Å². The maximum atomic E-state index is 11.8. The van der Waals surface area contributed by atoms with E-state index in [1.165, 1.54) is 6.39 Å². The minimum atomic E-state index is -0.291. The van der Waals surface area contributed by atoms with Crippen molar-refractivity contribution in [3.8, 4) is 11.3 Å². The molecule has 1 aromatic carbocycles. The number of carbonyl (C=O) groups excluding carboxylic acids is 1. The minimum absolute atomic E-state index is 0.220. The number of benzene rings is 1. The molecule has 1 aromatic heterocycles. The maximum Gasteiger partial charge on any atom is 0.289 e. The third kappa shape index (κ3) is 2.42. The summed E-state index contributed by atoms with van der Waals surface area (Å²) in [6, 6.07) is 9.43. The van der Waals surface area contributed by atoms with Crippen LogP contribution in [0.2, 0.25) is 0 Å². The number of rotatable bonds is 4. The smallest absolute Gasteiger partial charge is 0.289 e. The van der Waals surface area contributed by atoms with Crippen LogP contribution in [0.15, 0.2) is 53.8 Å². The summed E-state index contributed by atoms with van der Waals surface area (Å²) in [4.78, 5) is 15.8. The Balaban J connectivity index is 2.29. The molecular weight excluding hydrogens is 216 g/mol. The largest absolute Gasteiger partial charge is 0.438 e. The van der Waals surface area contributed by atoms with E-state index in [-0.39, 0.29) is 11.7 Å². The number of nitrogens with zero attached hydrogens (tertiary/aromatic N) is 1. The zero-order valence-corrected chi connectivity index (χ0v) is 9.22. The summed E-state index contributed by atoms with van der Waals surface area (Å²) in [5, 5.41) is 2.65. The topological polar surface area (TPSA) is 55.1 Å². The Morgan fingerprint density at radius 1 is 1.41 bits per heavy atom. The fourth-order valence-corrected chi connectivity index (χ4v) is 1.45. The highest BCUT2D eigenvalue weighted by atomic mass is 16.3. The maximum absolute atomic E-state index is 11.8. The molecule has 1 amide bonds. The molecule has 0 radical (unpaired) electrons. The molecule has 0 atom stereocenters. The van der Waals surface area contributed by atoms with Crippen LogP contribution in [0, 0.1) is 0 Å². The van der Waals surface area contributed by atoms with Crippen molar-refractivity contribution < 1.29 is 9.21 Å². The Morgan fingerprint density at radius 2 is 2.18 bits per heavy atom. The van der Waals surface area contributed by atoms with Crippen LogP contribution in [-0.4, -0.2) is 17.4 Å². The van der Waals surface area contributed by atoms with Gasteiger partial charge in [-0.15, -0.1) is 6.58 Å². The highest BCUT2D eigenvalue weighted by Gasteiger charge is 2.17. The Hall–Kier alpha value is -2.36. The lowest BCUT2D eigenvalue weighted by atomic mass is 10.1. The Morgan fingerprint density at radius 3 is 2.88 bits per heavy atom. The van der Waals surface area contributed by atoms with Gasteiger partial charge in [0.1, 0.15) is 5.69 Å². The van der Waals surface area contributed by atoms with Crippen LogP contribution in [0.3, 0.4) is 0 Å². The number of hydrogen-bond acceptors (Lipinski definition) is 3. The molecule has 0 saturated carbocycles. The molecule has 0 aliphatic rings. The zero-order chi connectivity index (χ0) is 12.1. The quantitative estimate of drug-likeness (QED) is 0.816. The van der Waals surface area contributed by atoms with Crippen molar-refractivity contribution in [3.63, 3.8) is 0 Å². The van der Waals surface area contributed by atoms with E-state index >= 15 is 0 Å². The molecule has 0 spiro atoms. The van der Waals surface area contributed by atoms with E-state index in [2.05, 4.69) is 16.9 Å². The van der Waals surface area contributed by atoms with Gasteiger partial charge in [0.2, 0.25) is 5.76 Å². The first kappa shape index (κ1) is 11.1. The molecule has 0 fully saturated rings. The molecule has 0 saturated heterocycles. The molecule has 1 N–H and O–H groups in total. The predicted molar refractivity (Wildman–Crippen MR) is 64.5 cm³/mol. The van der Waals surface area contributed by atoms with Crippen LogP contribution in [0.4, 0.5) is 0 Å². The molecule has 2 rings (SSSR count). The van der Waals surface area contributed by atoms with E-state index in [1.807, 2.05) is 30.3 Å². The second kappa shape index (κ2) is 5.12. The first-order chi connectivity index (χ1) is 8.33. The van der Waals surface area contributed by atoms with Gasteiger partial charge in [0.25, 0.3) is 5.91 Å². The molecule has 86 valence electrons. The average molecular weight is 228 g/mol. The van der Waals surface area contributed by atoms with Gasteiger partial charge in [-0.05, 0) is 0 Å². The summed E-state index contributed by atoms with van der Waals surface area (Å²) in [5.41, 5.74) is 1.40. The van der Waals surface area contributed by atoms with E-state index in [0.717, 1.165) is 5.56 Å². The Kier molecular flexibility index (Phi) is 3.35. The van der Waals surface area contributed by atoms with E-state index in [9.17, 15) is 4.79 Å². The van der Waals surface area contributed by atoms with Crippen LogP contribution in [0.25, 0.3) is 11.3 Å². The molecule has 4 nitrogen and oxygen atoms in total. The number of nitrogens with one attached hydrogen (secondary N) is 1. The second-order valence-corrected chi connectivity index (χ2v) is 3.39. The van der Waals surface area contributed by atoms with Gasteiger partial charge in [-0.1, -0.05) is 36.4 Å². The molecule has 0 aliphatic carbocycles. The Bertz CT molecular complexity index is 517. The minimum Gasteiger partial charge on any atom is -0.438 e. The van der Waals surface area contributed by atoms with E-state index < -0.39 is 0 Å². The lowest BCUT2D eigenvalue weighted by Crippen LogP contribution is -2.23. The van der Waals surface area contributed by atoms with E-state index in [4.69, 9.17) is 4.42 Å². The van der Waals surface area contributed by atoms with Crippen molar-refractivity contribution in [2.45, 2.75) is 0 Å². The third-order valence-electron chi connectivity index (χ3n) is 2.23. The van der Waals surface area contributed by atoms with Crippen molar-refractivity contribution in [1.82, 2.24) is 10.3 Å². The fourth-order valence-electron chi connectivity index (χ4n) is 1.45. The molecule has 0 aliphatic heterocycles. The molecule has 17 heavy (non-hydrogen) atoms. The summed E-state index contributed by atoms with van der Waals surface area (Å²) in [5.74, 6) is -0.0701. The Labute approximate surface area is 99.0 Å². The van der Waals surface area contributed by atoms with Gasteiger partial charge in [-0.2, -0.15) is 0 Å². The lowest BCUT2D eigenvalue weighted by molar-refractivity contribution is 0.0931. The third-order valence-corrected chi connectivity index (χ3v) is 2.23. The monoisotopic (exact) mass is 228 g/mol. The summed E-state index contributed by atoms with van der Waals surface area (Å²) >= 11 is 0. The van der Waals surface area contributed by atoms with Gasteiger partial charge in [0.15, 0.2) is 6.39 Å². The van der Waals surface area contributed by atoms with Gasteiger partial charge in [0.05, 0.1) is 0 Å². The number of amides is 1. The number of oxazole rings is 1. The lowest BCUT2D eigenvalue weighted by Gasteiger charge is -2.01. The normalized spacial score (nSPS) is 9.88. The SMILES string of the molecule is C=CCNC(=O)c1ocnc1-c1ccccc1. The fraction of sp³-hybridized carbons (Fsp3) is 0.0769. The summed E-state index contributed by atoms with van der Waals surface area (Å²) in [7, 11) is 0. The first-order valence-electron chi connectivity index (χ1n) is 5.21. The van der Waals surface area contributed by atoms with Crippen LogP contribution in [0.1, 0.15) is 10.6 Å². The van der Waals surface area contributed by atoms with Crippen LogP contribution in [0.5, 0.6) is 0 Å². The molecule has 4 heteroatoms. The van der Waals surface area contributed by atoms with Crippen LogP contribution in [-0.2, 0) is 0 Å². The van der Waals surface area contributed by atoms with Crippen molar-refractivity contribution in [2.24, 2.45) is 0 Å². The molecule has 2 aromatic rings. The number of carbonyl (C=O) groups is 1. The van der Waals surface area contributed by atoms with E-state index in [0.29, 0.717) is 12.2 Å². The molecule has 1 heterocycles. The van der Waals surface area contributed by atoms with E-state index in [1.54, 1.807) is 6.08 Å². The van der Waals surface area contributed by atoms with Gasteiger partial charge in [0, 0.05) is 12.1 Å². The molecular formula is C13H12N2O2. The highest BCUT2D eigenvalue weighted by Crippen LogP contribution is 2.21. The van der Waals surface area contributed by atoms with Gasteiger partial charge < -0.3 is 9.73 Å². The highest BCUT2D eigenvalue weighted by molar-refractivity contribution is 5.97. The average Bonchev–Trinajstić information content (AvgIpc) is 2.86. The van der Waals surface area contributed by atoms with Crippen molar-refractivity contribution in [2.75, 3.05) is 6.54 Å². The summed E-state index contributed by atoms with van der Waals surface area (Å²) in [6.45, 7) is 3.93. The summed E-state index contributed by atoms with van der Waals surface area (Å²) < 4.78 is 5.12. The van der Waals surface area contributed by atoms with Crippen LogP contribution >= 0.6 is 0 Å². The number of aromatic nitrogens is 1. The second-order valence-electron chi connectivity index (χ2n) is 3.39. The summed E-state index contributed by atoms with van der Waals surface area (Å²) in [6.07, 6.45) is 2.88. The van der Waals surface area contributed by atoms with Crippen molar-refractivity contribution in [1.29, 1.82) is 0 Å². The van der Waals surface area contributed by atoms with Gasteiger partial charge in [-0.3, -0.25) is 4.79 Å². The zero-order valence-electron chi connectivity index (χ0n) is 9.22. The van der Waals surface area contributed by atoms with Gasteiger partial charge >= 0.3 is 0 Å². The van der Waals surface area contributed by atoms with Gasteiger partial charge in [-0.25, -0.2) is 4.98 Å². The standard InChI is InChI=1S/C13H12N2O2/c1-2-8-14-13(16)12-11(15-9-17-12)10-6-4-3-5-7-10/h2-7,9H,1,8H2,(H,14,16). The first-order valence-corrected chi connectivity index (χ1v) is 5.21. The predicted octanol–water partition coefficient (Wildman–Crippen LogP) is 2.26. The van der Waals surface area contributed by atoms with Crippen molar-refractivity contribution >= 4 is 5.91 Å². The van der Waals surface area contributed by atoms with Crippen molar-refractivity contribution in [3.05, 3.63) is 55.1 Å². The molecule has 0 bridgehead atoms. The number of hydrogen-bond donors (Lipinski definition) is 1.